The maximum absolute atomic E-state index is 11.3. The Balaban J connectivity index is 2.13. The van der Waals surface area contributed by atoms with Crippen molar-refractivity contribution in [3.8, 4) is 5.75 Å². The Bertz CT molecular complexity index is 559. The molecule has 1 aromatic carbocycles. The van der Waals surface area contributed by atoms with Crippen LogP contribution in [0.5, 0.6) is 5.75 Å². The van der Waals surface area contributed by atoms with Crippen LogP contribution in [0.3, 0.4) is 0 Å². The van der Waals surface area contributed by atoms with Crippen LogP contribution in [0.25, 0.3) is 0 Å². The average molecular weight is 298 g/mol. The highest BCUT2D eigenvalue weighted by atomic mass is 32.2. The van der Waals surface area contributed by atoms with Crippen LogP contribution >= 0.6 is 0 Å². The minimum Gasteiger partial charge on any atom is -0.492 e. The standard InChI is InChI=1S/C14H22N2O3S/c1-15-14-11-6-4-5-7-13(11)19-10-12(14)16(2)8-9-20(3,17)18/h4-7,12,14-15H,8-10H2,1-3H3. The van der Waals surface area contributed by atoms with Crippen LogP contribution in [0.1, 0.15) is 11.6 Å². The fourth-order valence-electron chi connectivity index (χ4n) is 2.55. The van der Waals surface area contributed by atoms with Gasteiger partial charge in [0.15, 0.2) is 0 Å². The molecule has 1 aliphatic rings. The zero-order valence-corrected chi connectivity index (χ0v) is 13.0. The topological polar surface area (TPSA) is 58.6 Å². The highest BCUT2D eigenvalue weighted by Gasteiger charge is 2.32. The van der Waals surface area contributed by atoms with Gasteiger partial charge in [-0.25, -0.2) is 8.42 Å². The molecular formula is C14H22N2O3S. The van der Waals surface area contributed by atoms with E-state index in [1.54, 1.807) is 0 Å². The van der Waals surface area contributed by atoms with Crippen molar-refractivity contribution in [2.24, 2.45) is 0 Å². The van der Waals surface area contributed by atoms with Gasteiger partial charge in [-0.1, -0.05) is 18.2 Å². The summed E-state index contributed by atoms with van der Waals surface area (Å²) in [5, 5.41) is 3.32. The first kappa shape index (κ1) is 15.3. The zero-order valence-electron chi connectivity index (χ0n) is 12.2. The van der Waals surface area contributed by atoms with Crippen LogP contribution < -0.4 is 10.1 Å². The van der Waals surface area contributed by atoms with Crippen molar-refractivity contribution in [3.05, 3.63) is 29.8 Å². The first-order valence-electron chi connectivity index (χ1n) is 6.69. The van der Waals surface area contributed by atoms with E-state index in [-0.39, 0.29) is 17.8 Å². The molecule has 0 aliphatic carbocycles. The van der Waals surface area contributed by atoms with Gasteiger partial charge in [-0.2, -0.15) is 0 Å². The van der Waals surface area contributed by atoms with Crippen molar-refractivity contribution in [2.75, 3.05) is 39.3 Å². The van der Waals surface area contributed by atoms with E-state index in [4.69, 9.17) is 4.74 Å². The first-order valence-corrected chi connectivity index (χ1v) is 8.75. The van der Waals surface area contributed by atoms with E-state index in [2.05, 4.69) is 10.2 Å². The molecule has 1 N–H and O–H groups in total. The van der Waals surface area contributed by atoms with Crippen LogP contribution in [0, 0.1) is 0 Å². The second kappa shape index (κ2) is 6.11. The largest absolute Gasteiger partial charge is 0.492 e. The van der Waals surface area contributed by atoms with Crippen LogP contribution in [0.4, 0.5) is 0 Å². The van der Waals surface area contributed by atoms with Crippen molar-refractivity contribution >= 4 is 9.84 Å². The second-order valence-corrected chi connectivity index (χ2v) is 7.55. The number of nitrogens with one attached hydrogen (secondary N) is 1. The summed E-state index contributed by atoms with van der Waals surface area (Å²) in [5.41, 5.74) is 1.12. The molecule has 0 saturated heterocycles. The molecule has 112 valence electrons. The van der Waals surface area contributed by atoms with Crippen molar-refractivity contribution in [1.82, 2.24) is 10.2 Å². The molecule has 1 aliphatic heterocycles. The molecule has 0 spiro atoms. The van der Waals surface area contributed by atoms with E-state index in [9.17, 15) is 8.42 Å². The number of benzene rings is 1. The molecule has 1 aromatic rings. The highest BCUT2D eigenvalue weighted by molar-refractivity contribution is 7.90. The molecule has 6 heteroatoms. The van der Waals surface area contributed by atoms with Crippen LogP contribution in [-0.4, -0.2) is 58.6 Å². The Kier molecular flexibility index (Phi) is 4.67. The van der Waals surface area contributed by atoms with Crippen molar-refractivity contribution < 1.29 is 13.2 Å². The van der Waals surface area contributed by atoms with Gasteiger partial charge >= 0.3 is 0 Å². The predicted octanol–water partition coefficient (Wildman–Crippen LogP) is 0.685. The molecule has 2 atom stereocenters. The van der Waals surface area contributed by atoms with Crippen molar-refractivity contribution in [1.29, 1.82) is 0 Å². The first-order chi connectivity index (χ1) is 9.42. The molecule has 0 radical (unpaired) electrons. The predicted molar refractivity (Wildman–Crippen MR) is 79.9 cm³/mol. The number of rotatable bonds is 5. The molecule has 1 heterocycles. The van der Waals surface area contributed by atoms with Gasteiger partial charge in [-0.05, 0) is 20.2 Å². The van der Waals surface area contributed by atoms with Crippen LogP contribution in [-0.2, 0) is 9.84 Å². The quantitative estimate of drug-likeness (QED) is 0.866. The van der Waals surface area contributed by atoms with Gasteiger partial charge < -0.3 is 10.1 Å². The fraction of sp³-hybridized carbons (Fsp3) is 0.571. The van der Waals surface area contributed by atoms with E-state index < -0.39 is 9.84 Å². The summed E-state index contributed by atoms with van der Waals surface area (Å²) in [4.78, 5) is 2.05. The SMILES string of the molecule is CNC1c2ccccc2OCC1N(C)CCS(C)(=O)=O. The summed E-state index contributed by atoms with van der Waals surface area (Å²) in [7, 11) is 0.917. The summed E-state index contributed by atoms with van der Waals surface area (Å²) in [6.45, 7) is 1.07. The van der Waals surface area contributed by atoms with E-state index in [0.717, 1.165) is 11.3 Å². The van der Waals surface area contributed by atoms with Crippen LogP contribution in [0.15, 0.2) is 24.3 Å². The summed E-state index contributed by atoms with van der Waals surface area (Å²) < 4.78 is 28.4. The third kappa shape index (κ3) is 3.50. The lowest BCUT2D eigenvalue weighted by Crippen LogP contribution is -2.49. The van der Waals surface area contributed by atoms with E-state index in [0.29, 0.717) is 13.2 Å². The summed E-state index contributed by atoms with van der Waals surface area (Å²) >= 11 is 0. The van der Waals surface area contributed by atoms with Crippen molar-refractivity contribution in [2.45, 2.75) is 12.1 Å². The van der Waals surface area contributed by atoms with E-state index >= 15 is 0 Å². The number of hydrogen-bond donors (Lipinski definition) is 1. The van der Waals surface area contributed by atoms with Gasteiger partial charge in [0.25, 0.3) is 0 Å². The summed E-state index contributed by atoms with van der Waals surface area (Å²) in [6.07, 6.45) is 1.27. The molecule has 0 bridgehead atoms. The zero-order chi connectivity index (χ0) is 14.8. The van der Waals surface area contributed by atoms with Crippen molar-refractivity contribution in [3.63, 3.8) is 0 Å². The van der Waals surface area contributed by atoms with Crippen LogP contribution in [0.2, 0.25) is 0 Å². The molecule has 0 saturated carbocycles. The third-order valence-electron chi connectivity index (χ3n) is 3.74. The summed E-state index contributed by atoms with van der Waals surface area (Å²) in [6, 6.07) is 8.23. The Labute approximate surface area is 120 Å². The normalized spacial score (nSPS) is 22.4. The molecule has 0 fully saturated rings. The van der Waals surface area contributed by atoms with E-state index in [1.165, 1.54) is 6.26 Å². The Morgan fingerprint density at radius 3 is 2.75 bits per heavy atom. The second-order valence-electron chi connectivity index (χ2n) is 5.29. The number of sulfone groups is 1. The molecule has 2 rings (SSSR count). The highest BCUT2D eigenvalue weighted by Crippen LogP contribution is 2.33. The van der Waals surface area contributed by atoms with Gasteiger partial charge in [0.1, 0.15) is 22.2 Å². The Morgan fingerprint density at radius 2 is 2.10 bits per heavy atom. The number of fused-ring (bicyclic) bond motifs is 1. The molecule has 20 heavy (non-hydrogen) atoms. The molecular weight excluding hydrogens is 276 g/mol. The lowest BCUT2D eigenvalue weighted by atomic mass is 9.95. The Morgan fingerprint density at radius 1 is 1.40 bits per heavy atom. The number of nitrogens with zero attached hydrogens (tertiary/aromatic N) is 1. The number of para-hydroxylation sites is 1. The maximum Gasteiger partial charge on any atom is 0.148 e. The summed E-state index contributed by atoms with van der Waals surface area (Å²) in [5.74, 6) is 1.07. The minimum absolute atomic E-state index is 0.122. The number of likely N-dealkylation sites (N-methyl/N-ethyl adjacent to an activating group) is 2. The maximum atomic E-state index is 11.3. The number of hydrogen-bond acceptors (Lipinski definition) is 5. The number of ether oxygens (including phenoxy) is 1. The fourth-order valence-corrected chi connectivity index (χ4v) is 3.17. The van der Waals surface area contributed by atoms with Gasteiger partial charge in [-0.3, -0.25) is 4.90 Å². The molecule has 0 amide bonds. The van der Waals surface area contributed by atoms with Gasteiger partial charge in [0, 0.05) is 18.4 Å². The molecule has 5 nitrogen and oxygen atoms in total. The lowest BCUT2D eigenvalue weighted by molar-refractivity contribution is 0.114. The smallest absolute Gasteiger partial charge is 0.148 e. The van der Waals surface area contributed by atoms with Gasteiger partial charge in [0.2, 0.25) is 0 Å². The van der Waals surface area contributed by atoms with Gasteiger partial charge in [-0.15, -0.1) is 0 Å². The molecule has 2 unspecified atom stereocenters. The third-order valence-corrected chi connectivity index (χ3v) is 4.66. The lowest BCUT2D eigenvalue weighted by Gasteiger charge is -2.38. The van der Waals surface area contributed by atoms with Gasteiger partial charge in [0.05, 0.1) is 17.8 Å². The Hall–Kier alpha value is -1.11. The monoisotopic (exact) mass is 298 g/mol. The minimum atomic E-state index is -2.95. The average Bonchev–Trinajstić information content (AvgIpc) is 2.42. The van der Waals surface area contributed by atoms with E-state index in [1.807, 2.05) is 38.4 Å². The molecule has 0 aromatic heterocycles.